The highest BCUT2D eigenvalue weighted by molar-refractivity contribution is 5.84. The fourth-order valence-electron chi connectivity index (χ4n) is 0.864. The molecule has 88 valence electrons. The van der Waals surface area contributed by atoms with Crippen LogP contribution in [0.1, 0.15) is 20.8 Å². The van der Waals surface area contributed by atoms with Crippen LogP contribution in [0.5, 0.6) is 0 Å². The zero-order valence-corrected chi connectivity index (χ0v) is 9.48. The van der Waals surface area contributed by atoms with E-state index in [0.29, 0.717) is 0 Å². The van der Waals surface area contributed by atoms with E-state index >= 15 is 0 Å². The van der Waals surface area contributed by atoms with Crippen molar-refractivity contribution >= 4 is 12.0 Å². The highest BCUT2D eigenvalue weighted by Gasteiger charge is 2.27. The molecular formula is C9H18N2O4. The molecule has 0 spiro atoms. The number of carbonyl (C=O) groups is 2. The number of aliphatic hydroxyl groups is 1. The molecule has 0 aliphatic heterocycles. The second kappa shape index (κ2) is 4.97. The van der Waals surface area contributed by atoms with Gasteiger partial charge in [0, 0.05) is 7.05 Å². The van der Waals surface area contributed by atoms with Crippen LogP contribution in [0.15, 0.2) is 0 Å². The fraction of sp³-hybridized carbons (Fsp3) is 0.778. The van der Waals surface area contributed by atoms with Crippen molar-refractivity contribution in [3.8, 4) is 0 Å². The molecule has 0 bridgehead atoms. The van der Waals surface area contributed by atoms with Crippen LogP contribution in [0.25, 0.3) is 0 Å². The zero-order valence-electron chi connectivity index (χ0n) is 9.48. The number of nitrogens with two attached hydrogens (primary N) is 1. The number of likely N-dealkylation sites (N-methyl/N-ethyl adjacent to an activating group) is 1. The third-order valence-corrected chi connectivity index (χ3v) is 1.65. The van der Waals surface area contributed by atoms with Gasteiger partial charge in [-0.25, -0.2) is 4.79 Å². The van der Waals surface area contributed by atoms with Crippen LogP contribution in [-0.2, 0) is 9.53 Å². The maximum atomic E-state index is 11.4. The Morgan fingerprint density at radius 1 is 1.47 bits per heavy atom. The van der Waals surface area contributed by atoms with Gasteiger partial charge in [-0.15, -0.1) is 0 Å². The minimum absolute atomic E-state index is 0.523. The lowest BCUT2D eigenvalue weighted by molar-refractivity contribution is -0.124. The number of aliphatic hydroxyl groups excluding tert-OH is 1. The molecule has 15 heavy (non-hydrogen) atoms. The summed E-state index contributed by atoms with van der Waals surface area (Å²) in [7, 11) is 1.35. The van der Waals surface area contributed by atoms with Gasteiger partial charge in [0.15, 0.2) is 0 Å². The van der Waals surface area contributed by atoms with Crippen LogP contribution in [0.4, 0.5) is 4.79 Å². The first-order chi connectivity index (χ1) is 6.69. The minimum Gasteiger partial charge on any atom is -0.444 e. The van der Waals surface area contributed by atoms with Crippen molar-refractivity contribution in [2.45, 2.75) is 32.4 Å². The van der Waals surface area contributed by atoms with Gasteiger partial charge in [0.2, 0.25) is 5.91 Å². The van der Waals surface area contributed by atoms with Gasteiger partial charge in [-0.3, -0.25) is 9.69 Å². The highest BCUT2D eigenvalue weighted by atomic mass is 16.6. The Hall–Kier alpha value is -1.30. The van der Waals surface area contributed by atoms with E-state index in [0.717, 1.165) is 4.90 Å². The number of nitrogens with zero attached hydrogens (tertiary/aromatic N) is 1. The Kier molecular flexibility index (Phi) is 4.54. The summed E-state index contributed by atoms with van der Waals surface area (Å²) in [4.78, 5) is 23.3. The van der Waals surface area contributed by atoms with Crippen LogP contribution in [-0.4, -0.2) is 47.3 Å². The molecule has 1 atom stereocenters. The van der Waals surface area contributed by atoms with Crippen LogP contribution in [0, 0.1) is 0 Å². The van der Waals surface area contributed by atoms with Crippen molar-refractivity contribution in [1.82, 2.24) is 4.90 Å². The van der Waals surface area contributed by atoms with Gasteiger partial charge in [0.1, 0.15) is 11.6 Å². The summed E-state index contributed by atoms with van der Waals surface area (Å²) in [6.45, 7) is 4.59. The average molecular weight is 218 g/mol. The van der Waals surface area contributed by atoms with Gasteiger partial charge in [0.05, 0.1) is 6.61 Å². The Morgan fingerprint density at radius 2 is 1.93 bits per heavy atom. The summed E-state index contributed by atoms with van der Waals surface area (Å²) in [5.41, 5.74) is 4.35. The molecule has 0 unspecified atom stereocenters. The molecule has 0 saturated carbocycles. The number of hydrogen-bond acceptors (Lipinski definition) is 4. The number of amides is 2. The Bertz CT molecular complexity index is 247. The second-order valence-electron chi connectivity index (χ2n) is 4.19. The Balaban J connectivity index is 4.49. The smallest absolute Gasteiger partial charge is 0.410 e. The van der Waals surface area contributed by atoms with Crippen LogP contribution >= 0.6 is 0 Å². The maximum absolute atomic E-state index is 11.4. The van der Waals surface area contributed by atoms with E-state index in [9.17, 15) is 9.59 Å². The van der Waals surface area contributed by atoms with E-state index in [4.69, 9.17) is 15.6 Å². The van der Waals surface area contributed by atoms with E-state index in [2.05, 4.69) is 0 Å². The molecule has 6 heteroatoms. The molecular weight excluding hydrogens is 200 g/mol. The topological polar surface area (TPSA) is 92.9 Å². The predicted molar refractivity (Wildman–Crippen MR) is 54.1 cm³/mol. The lowest BCUT2D eigenvalue weighted by Gasteiger charge is -2.27. The minimum atomic E-state index is -1.06. The van der Waals surface area contributed by atoms with Crippen LogP contribution < -0.4 is 5.73 Å². The number of primary amides is 1. The lowest BCUT2D eigenvalue weighted by atomic mass is 10.2. The second-order valence-corrected chi connectivity index (χ2v) is 4.19. The van der Waals surface area contributed by atoms with E-state index in [1.807, 2.05) is 0 Å². The van der Waals surface area contributed by atoms with Gasteiger partial charge >= 0.3 is 6.09 Å². The van der Waals surface area contributed by atoms with Gasteiger partial charge in [-0.05, 0) is 20.8 Å². The Morgan fingerprint density at radius 3 is 2.20 bits per heavy atom. The zero-order chi connectivity index (χ0) is 12.2. The van der Waals surface area contributed by atoms with E-state index in [1.54, 1.807) is 20.8 Å². The van der Waals surface area contributed by atoms with Crippen molar-refractivity contribution in [3.05, 3.63) is 0 Å². The molecule has 0 heterocycles. The number of ether oxygens (including phenoxy) is 1. The number of carbonyl (C=O) groups excluding carboxylic acids is 2. The Labute approximate surface area is 89.0 Å². The van der Waals surface area contributed by atoms with Gasteiger partial charge in [-0.2, -0.15) is 0 Å². The van der Waals surface area contributed by atoms with Crippen molar-refractivity contribution in [2.24, 2.45) is 5.73 Å². The van der Waals surface area contributed by atoms with E-state index < -0.39 is 30.3 Å². The highest BCUT2D eigenvalue weighted by Crippen LogP contribution is 2.10. The number of hydrogen-bond donors (Lipinski definition) is 2. The first kappa shape index (κ1) is 13.7. The van der Waals surface area contributed by atoms with E-state index in [1.165, 1.54) is 7.05 Å². The van der Waals surface area contributed by atoms with Gasteiger partial charge in [-0.1, -0.05) is 0 Å². The van der Waals surface area contributed by atoms with Gasteiger partial charge in [0.25, 0.3) is 0 Å². The monoisotopic (exact) mass is 218 g/mol. The molecule has 0 aromatic rings. The molecule has 0 aromatic carbocycles. The van der Waals surface area contributed by atoms with Crippen molar-refractivity contribution in [1.29, 1.82) is 0 Å². The summed E-state index contributed by atoms with van der Waals surface area (Å²) in [5, 5.41) is 8.86. The lowest BCUT2D eigenvalue weighted by Crippen LogP contribution is -2.49. The molecule has 6 nitrogen and oxygen atoms in total. The first-order valence-corrected chi connectivity index (χ1v) is 4.55. The largest absolute Gasteiger partial charge is 0.444 e. The molecule has 0 aromatic heterocycles. The van der Waals surface area contributed by atoms with Gasteiger partial charge < -0.3 is 15.6 Å². The molecule has 3 N–H and O–H groups in total. The third kappa shape index (κ3) is 4.64. The van der Waals surface area contributed by atoms with Crippen molar-refractivity contribution < 1.29 is 19.4 Å². The molecule has 0 aliphatic carbocycles. The third-order valence-electron chi connectivity index (χ3n) is 1.65. The summed E-state index contributed by atoms with van der Waals surface area (Å²) in [6, 6.07) is -1.06. The predicted octanol–water partition coefficient (Wildman–Crippen LogP) is -0.301. The standard InChI is InChI=1S/C9H18N2O4/c1-9(2,3)15-8(14)11(4)6(5-12)7(10)13/h6,12H,5H2,1-4H3,(H2,10,13)/t6-/m0/s1. The van der Waals surface area contributed by atoms with Crippen molar-refractivity contribution in [2.75, 3.05) is 13.7 Å². The van der Waals surface area contributed by atoms with E-state index in [-0.39, 0.29) is 0 Å². The molecule has 0 saturated heterocycles. The molecule has 2 amide bonds. The SMILES string of the molecule is CN(C(=O)OC(C)(C)C)[C@@H](CO)C(N)=O. The normalized spacial score (nSPS) is 13.1. The van der Waals surface area contributed by atoms with Crippen molar-refractivity contribution in [3.63, 3.8) is 0 Å². The summed E-state index contributed by atoms with van der Waals surface area (Å²) in [5.74, 6) is -0.772. The quantitative estimate of drug-likeness (QED) is 0.680. The van der Waals surface area contributed by atoms with Crippen LogP contribution in [0.3, 0.4) is 0 Å². The summed E-state index contributed by atoms with van der Waals surface area (Å²) >= 11 is 0. The molecule has 0 radical (unpaired) electrons. The first-order valence-electron chi connectivity index (χ1n) is 4.55. The summed E-state index contributed by atoms with van der Waals surface area (Å²) in [6.07, 6.45) is -0.694. The van der Waals surface area contributed by atoms with Crippen LogP contribution in [0.2, 0.25) is 0 Å². The molecule has 0 aliphatic rings. The summed E-state index contributed by atoms with van der Waals surface area (Å²) < 4.78 is 5.00. The molecule has 0 fully saturated rings. The maximum Gasteiger partial charge on any atom is 0.410 e. The average Bonchev–Trinajstić information content (AvgIpc) is 2.01. The molecule has 0 rings (SSSR count). The number of rotatable bonds is 3. The fourth-order valence-corrected chi connectivity index (χ4v) is 0.864.